The van der Waals surface area contributed by atoms with Crippen LogP contribution in [0.3, 0.4) is 0 Å². The molecule has 1 N–H and O–H groups in total. The van der Waals surface area contributed by atoms with E-state index in [0.29, 0.717) is 29.4 Å². The van der Waals surface area contributed by atoms with Crippen LogP contribution in [-0.2, 0) is 9.53 Å². The molecule has 1 aromatic heterocycles. The van der Waals surface area contributed by atoms with Crippen LogP contribution in [0, 0.1) is 5.82 Å². The van der Waals surface area contributed by atoms with Crippen molar-refractivity contribution in [3.05, 3.63) is 53.2 Å². The number of allylic oxidation sites excluding steroid dienone is 1. The second-order valence-electron chi connectivity index (χ2n) is 5.61. The molecule has 1 aliphatic rings. The van der Waals surface area contributed by atoms with E-state index in [0.717, 1.165) is 12.8 Å². The lowest BCUT2D eigenvalue weighted by Gasteiger charge is -2.28. The Kier molecular flexibility index (Phi) is 4.59. The van der Waals surface area contributed by atoms with Crippen LogP contribution in [0.1, 0.15) is 38.3 Å². The van der Waals surface area contributed by atoms with Gasteiger partial charge in [0.25, 0.3) is 0 Å². The number of nitrogens with zero attached hydrogens (tertiary/aromatic N) is 3. The maximum absolute atomic E-state index is 14.4. The van der Waals surface area contributed by atoms with Gasteiger partial charge in [-0.1, -0.05) is 31.5 Å². The van der Waals surface area contributed by atoms with Gasteiger partial charge in [0.15, 0.2) is 0 Å². The average Bonchev–Trinajstić information content (AvgIpc) is 3.02. The monoisotopic (exact) mass is 330 g/mol. The van der Waals surface area contributed by atoms with E-state index in [1.54, 1.807) is 25.1 Å². The van der Waals surface area contributed by atoms with E-state index in [9.17, 15) is 9.18 Å². The molecule has 2 aromatic rings. The van der Waals surface area contributed by atoms with Crippen LogP contribution in [0.25, 0.3) is 0 Å². The minimum absolute atomic E-state index is 0.334. The van der Waals surface area contributed by atoms with Crippen LogP contribution >= 0.6 is 0 Å². The van der Waals surface area contributed by atoms with E-state index in [1.807, 2.05) is 6.92 Å². The van der Waals surface area contributed by atoms with Gasteiger partial charge in [0.05, 0.1) is 12.2 Å². The molecule has 3 rings (SSSR count). The summed E-state index contributed by atoms with van der Waals surface area (Å²) in [5, 5.41) is 7.18. The van der Waals surface area contributed by atoms with Crippen molar-refractivity contribution in [1.82, 2.24) is 14.8 Å². The number of hydrogen-bond acceptors (Lipinski definition) is 5. The molecule has 24 heavy (non-hydrogen) atoms. The van der Waals surface area contributed by atoms with Gasteiger partial charge < -0.3 is 10.1 Å². The number of fused-ring (bicyclic) bond motifs is 1. The Hall–Kier alpha value is -2.70. The number of hydrogen-bond donors (Lipinski definition) is 1. The first kappa shape index (κ1) is 16.2. The number of carbonyl (C=O) groups excluding carboxylic acids is 1. The number of ether oxygens (including phenoxy) is 1. The zero-order valence-electron chi connectivity index (χ0n) is 13.6. The molecule has 1 atom stereocenters. The van der Waals surface area contributed by atoms with Crippen molar-refractivity contribution in [3.63, 3.8) is 0 Å². The molecule has 1 aromatic carbocycles. The van der Waals surface area contributed by atoms with E-state index in [2.05, 4.69) is 15.4 Å². The molecule has 0 amide bonds. The van der Waals surface area contributed by atoms with Crippen LogP contribution in [0.5, 0.6) is 0 Å². The highest BCUT2D eigenvalue weighted by atomic mass is 19.1. The first-order valence-corrected chi connectivity index (χ1v) is 7.92. The van der Waals surface area contributed by atoms with Gasteiger partial charge in [-0.15, -0.1) is 0 Å². The third-order valence-electron chi connectivity index (χ3n) is 3.95. The average molecular weight is 330 g/mol. The molecule has 0 saturated heterocycles. The summed E-state index contributed by atoms with van der Waals surface area (Å²) in [6.07, 6.45) is 3.08. The number of unbranched alkanes of at least 4 members (excludes halogenated alkanes) is 1. The summed E-state index contributed by atoms with van der Waals surface area (Å²) >= 11 is 0. The summed E-state index contributed by atoms with van der Waals surface area (Å²) in [5.41, 5.74) is 1.28. The number of rotatable bonds is 5. The Morgan fingerprint density at radius 1 is 1.42 bits per heavy atom. The number of anilines is 1. The summed E-state index contributed by atoms with van der Waals surface area (Å²) < 4.78 is 21.2. The van der Waals surface area contributed by atoms with Gasteiger partial charge in [-0.05, 0) is 19.4 Å². The van der Waals surface area contributed by atoms with Gasteiger partial charge in [0.2, 0.25) is 5.95 Å². The lowest BCUT2D eigenvalue weighted by molar-refractivity contribution is -0.139. The quantitative estimate of drug-likeness (QED) is 0.674. The topological polar surface area (TPSA) is 69.0 Å². The first-order chi connectivity index (χ1) is 11.6. The van der Waals surface area contributed by atoms with Crippen molar-refractivity contribution >= 4 is 11.9 Å². The number of aromatic nitrogens is 3. The van der Waals surface area contributed by atoms with Gasteiger partial charge in [-0.25, -0.2) is 13.9 Å². The van der Waals surface area contributed by atoms with Crippen molar-refractivity contribution in [2.75, 3.05) is 11.9 Å². The standard InChI is InChI=1S/C17H19FN4O2/c1-3-4-9-24-16(23)14-11(2)21-17-19-10-20-22(17)15(14)12-7-5-6-8-13(12)18/h5-8,10,15H,3-4,9H2,1-2H3,(H,19,20,21)/t15-/m1/s1. The van der Waals surface area contributed by atoms with Gasteiger partial charge in [-0.2, -0.15) is 10.1 Å². The molecule has 6 nitrogen and oxygen atoms in total. The third kappa shape index (κ3) is 2.89. The number of nitrogens with one attached hydrogen (secondary N) is 1. The molecule has 7 heteroatoms. The summed E-state index contributed by atoms with van der Waals surface area (Å²) in [6.45, 7) is 4.10. The fourth-order valence-electron chi connectivity index (χ4n) is 2.73. The molecular weight excluding hydrogens is 311 g/mol. The van der Waals surface area contributed by atoms with Gasteiger partial charge in [0, 0.05) is 11.3 Å². The largest absolute Gasteiger partial charge is 0.462 e. The summed E-state index contributed by atoms with van der Waals surface area (Å²) in [4.78, 5) is 16.7. The first-order valence-electron chi connectivity index (χ1n) is 7.92. The molecule has 0 radical (unpaired) electrons. The van der Waals surface area contributed by atoms with Crippen LogP contribution < -0.4 is 5.32 Å². The van der Waals surface area contributed by atoms with Crippen molar-refractivity contribution in [2.45, 2.75) is 32.7 Å². The zero-order chi connectivity index (χ0) is 17.1. The number of carbonyl (C=O) groups is 1. The van der Waals surface area contributed by atoms with Crippen molar-refractivity contribution in [3.8, 4) is 0 Å². The summed E-state index contributed by atoms with van der Waals surface area (Å²) in [5.74, 6) is -0.411. The Bertz CT molecular complexity index is 784. The van der Waals surface area contributed by atoms with Crippen molar-refractivity contribution in [2.24, 2.45) is 0 Å². The predicted molar refractivity (Wildman–Crippen MR) is 86.8 cm³/mol. The fourth-order valence-corrected chi connectivity index (χ4v) is 2.73. The lowest BCUT2D eigenvalue weighted by atomic mass is 9.95. The zero-order valence-corrected chi connectivity index (χ0v) is 13.6. The molecule has 1 aliphatic heterocycles. The highest BCUT2D eigenvalue weighted by Crippen LogP contribution is 2.36. The molecule has 0 bridgehead atoms. The minimum Gasteiger partial charge on any atom is -0.462 e. The normalized spacial score (nSPS) is 16.5. The summed E-state index contributed by atoms with van der Waals surface area (Å²) in [6, 6.07) is 5.64. The van der Waals surface area contributed by atoms with Crippen molar-refractivity contribution in [1.29, 1.82) is 0 Å². The molecule has 0 aliphatic carbocycles. The van der Waals surface area contributed by atoms with Crippen LogP contribution in [-0.4, -0.2) is 27.3 Å². The van der Waals surface area contributed by atoms with E-state index >= 15 is 0 Å². The van der Waals surface area contributed by atoms with E-state index in [-0.39, 0.29) is 0 Å². The number of halogens is 1. The molecule has 0 unspecified atom stereocenters. The molecule has 0 spiro atoms. The Labute approximate surface area is 139 Å². The van der Waals surface area contributed by atoms with Crippen molar-refractivity contribution < 1.29 is 13.9 Å². The van der Waals surface area contributed by atoms with Gasteiger partial charge in [-0.3, -0.25) is 0 Å². The van der Waals surface area contributed by atoms with Gasteiger partial charge >= 0.3 is 5.97 Å². The Morgan fingerprint density at radius 3 is 2.96 bits per heavy atom. The van der Waals surface area contributed by atoms with E-state index < -0.39 is 17.8 Å². The summed E-state index contributed by atoms with van der Waals surface area (Å²) in [7, 11) is 0. The van der Waals surface area contributed by atoms with E-state index in [1.165, 1.54) is 17.1 Å². The van der Waals surface area contributed by atoms with Crippen LogP contribution in [0.4, 0.5) is 10.3 Å². The second kappa shape index (κ2) is 6.82. The molecule has 126 valence electrons. The SMILES string of the molecule is CCCCOC(=O)C1=C(C)Nc2ncnn2[C@@H]1c1ccccc1F. The van der Waals surface area contributed by atoms with Crippen LogP contribution in [0.2, 0.25) is 0 Å². The number of esters is 1. The maximum Gasteiger partial charge on any atom is 0.338 e. The molecular formula is C17H19FN4O2. The predicted octanol–water partition coefficient (Wildman–Crippen LogP) is 3.05. The van der Waals surface area contributed by atoms with Gasteiger partial charge in [0.1, 0.15) is 18.2 Å². The highest BCUT2D eigenvalue weighted by molar-refractivity contribution is 5.92. The maximum atomic E-state index is 14.4. The Balaban J connectivity index is 2.04. The van der Waals surface area contributed by atoms with Crippen LogP contribution in [0.15, 0.2) is 41.9 Å². The molecule has 0 saturated carbocycles. The minimum atomic E-state index is -0.709. The highest BCUT2D eigenvalue weighted by Gasteiger charge is 2.35. The fraction of sp³-hybridized carbons (Fsp3) is 0.353. The molecule has 2 heterocycles. The second-order valence-corrected chi connectivity index (χ2v) is 5.61. The van der Waals surface area contributed by atoms with E-state index in [4.69, 9.17) is 4.74 Å². The molecule has 0 fully saturated rings. The third-order valence-corrected chi connectivity index (χ3v) is 3.95. The number of benzene rings is 1. The lowest BCUT2D eigenvalue weighted by Crippen LogP contribution is -2.30. The smallest absolute Gasteiger partial charge is 0.338 e. The Morgan fingerprint density at radius 2 is 2.21 bits per heavy atom.